The number of pyridine rings is 2. The summed E-state index contributed by atoms with van der Waals surface area (Å²) in [5.41, 5.74) is 5.90. The lowest BCUT2D eigenvalue weighted by atomic mass is 10.2. The van der Waals surface area contributed by atoms with Gasteiger partial charge in [0.2, 0.25) is 0 Å². The van der Waals surface area contributed by atoms with Crippen molar-refractivity contribution >= 4 is 16.9 Å². The van der Waals surface area contributed by atoms with Crippen LogP contribution in [0.25, 0.3) is 22.4 Å². The number of hydrogen-bond acceptors (Lipinski definition) is 7. The highest BCUT2D eigenvalue weighted by Crippen LogP contribution is 2.22. The molecule has 0 bridgehead atoms. The van der Waals surface area contributed by atoms with Crippen LogP contribution in [-0.4, -0.2) is 30.1 Å². The fourth-order valence-corrected chi connectivity index (χ4v) is 2.53. The van der Waals surface area contributed by atoms with E-state index in [0.29, 0.717) is 17.9 Å². The molecule has 0 aliphatic carbocycles. The Morgan fingerprint density at radius 3 is 2.50 bits per heavy atom. The van der Waals surface area contributed by atoms with Crippen molar-refractivity contribution in [3.63, 3.8) is 0 Å². The molecule has 4 rings (SSSR count). The Morgan fingerprint density at radius 1 is 0.846 bits per heavy atom. The highest BCUT2D eigenvalue weighted by Gasteiger charge is 2.09. The predicted molar refractivity (Wildman–Crippen MR) is 99.4 cm³/mol. The molecule has 4 heterocycles. The summed E-state index contributed by atoms with van der Waals surface area (Å²) in [5, 5.41) is 11.5. The molecule has 0 aromatic carbocycles. The van der Waals surface area contributed by atoms with Crippen molar-refractivity contribution < 1.29 is 0 Å². The van der Waals surface area contributed by atoms with Crippen molar-refractivity contribution in [2.24, 2.45) is 0 Å². The maximum absolute atomic E-state index is 4.72. The first kappa shape index (κ1) is 16.0. The monoisotopic (exact) mass is 343 g/mol. The summed E-state index contributed by atoms with van der Waals surface area (Å²) < 4.78 is 0. The van der Waals surface area contributed by atoms with E-state index in [2.05, 4.69) is 30.5 Å². The molecule has 0 spiro atoms. The van der Waals surface area contributed by atoms with Crippen molar-refractivity contribution in [2.45, 2.75) is 20.4 Å². The van der Waals surface area contributed by atoms with Crippen LogP contribution in [0.1, 0.15) is 17.0 Å². The molecule has 0 aliphatic heterocycles. The molecular formula is C19H17N7. The van der Waals surface area contributed by atoms with Gasteiger partial charge >= 0.3 is 0 Å². The quantitative estimate of drug-likeness (QED) is 0.609. The van der Waals surface area contributed by atoms with Crippen molar-refractivity contribution in [3.8, 4) is 11.4 Å². The molecule has 0 aliphatic rings. The molecule has 0 amide bonds. The third kappa shape index (κ3) is 3.32. The summed E-state index contributed by atoms with van der Waals surface area (Å²) in [5.74, 6) is 0.659. The zero-order valence-electron chi connectivity index (χ0n) is 14.5. The second-order valence-corrected chi connectivity index (χ2v) is 6.03. The summed E-state index contributed by atoms with van der Waals surface area (Å²) in [7, 11) is 0. The van der Waals surface area contributed by atoms with E-state index in [4.69, 9.17) is 4.98 Å². The third-order valence-corrected chi connectivity index (χ3v) is 3.95. The van der Waals surface area contributed by atoms with E-state index in [1.807, 2.05) is 56.4 Å². The van der Waals surface area contributed by atoms with Gasteiger partial charge in [-0.15, -0.1) is 0 Å². The average molecular weight is 343 g/mol. The molecular weight excluding hydrogens is 326 g/mol. The number of hydrogen-bond donors (Lipinski definition) is 1. The first-order valence-corrected chi connectivity index (χ1v) is 8.27. The lowest BCUT2D eigenvalue weighted by Gasteiger charge is -2.08. The molecule has 0 unspecified atom stereocenters. The van der Waals surface area contributed by atoms with Gasteiger partial charge in [-0.1, -0.05) is 6.07 Å². The molecule has 7 heteroatoms. The molecule has 4 aromatic heterocycles. The van der Waals surface area contributed by atoms with Crippen LogP contribution in [0.15, 0.2) is 48.9 Å². The normalized spacial score (nSPS) is 10.8. The fourth-order valence-electron chi connectivity index (χ4n) is 2.53. The number of nitrogens with one attached hydrogen (secondary N) is 1. The highest BCUT2D eigenvalue weighted by atomic mass is 15.1. The van der Waals surface area contributed by atoms with Crippen LogP contribution in [0.4, 0.5) is 5.82 Å². The first-order valence-electron chi connectivity index (χ1n) is 8.27. The van der Waals surface area contributed by atoms with Crippen molar-refractivity contribution in [2.75, 3.05) is 5.32 Å². The fraction of sp³-hybridized carbons (Fsp3) is 0.158. The van der Waals surface area contributed by atoms with Gasteiger partial charge in [-0.25, -0.2) is 15.0 Å². The Labute approximate surface area is 150 Å². The lowest BCUT2D eigenvalue weighted by molar-refractivity contribution is 0.895. The number of aryl methyl sites for hydroxylation is 2. The molecule has 26 heavy (non-hydrogen) atoms. The largest absolute Gasteiger partial charge is 0.362 e. The molecule has 1 N–H and O–H groups in total. The maximum atomic E-state index is 4.72. The Balaban J connectivity index is 1.66. The van der Waals surface area contributed by atoms with Gasteiger partial charge in [-0.05, 0) is 49.7 Å². The molecule has 7 nitrogen and oxygen atoms in total. The second kappa shape index (κ2) is 6.79. The molecule has 0 atom stereocenters. The Bertz CT molecular complexity index is 1040. The summed E-state index contributed by atoms with van der Waals surface area (Å²) >= 11 is 0. The lowest BCUT2D eigenvalue weighted by Crippen LogP contribution is -2.06. The molecule has 0 fully saturated rings. The molecule has 0 radical (unpaired) electrons. The minimum atomic E-state index is 0.508. The van der Waals surface area contributed by atoms with Crippen LogP contribution in [-0.2, 0) is 6.54 Å². The van der Waals surface area contributed by atoms with Gasteiger partial charge in [0, 0.05) is 6.20 Å². The minimum Gasteiger partial charge on any atom is -0.362 e. The van der Waals surface area contributed by atoms with Crippen LogP contribution in [0.3, 0.4) is 0 Å². The third-order valence-electron chi connectivity index (χ3n) is 3.95. The topological polar surface area (TPSA) is 89.4 Å². The SMILES string of the molecule is Cc1ccc(-c2ccc3ncnc(NCc4ccc(C)nn4)c3n2)nc1. The average Bonchev–Trinajstić information content (AvgIpc) is 2.68. The second-order valence-electron chi connectivity index (χ2n) is 6.03. The van der Waals surface area contributed by atoms with Crippen molar-refractivity contribution in [1.82, 2.24) is 30.1 Å². The van der Waals surface area contributed by atoms with Gasteiger partial charge in [0.15, 0.2) is 5.82 Å². The van der Waals surface area contributed by atoms with Gasteiger partial charge in [0.1, 0.15) is 11.8 Å². The van der Waals surface area contributed by atoms with Crippen LogP contribution >= 0.6 is 0 Å². The zero-order chi connectivity index (χ0) is 17.9. The summed E-state index contributed by atoms with van der Waals surface area (Å²) in [6.07, 6.45) is 3.36. The molecule has 4 aromatic rings. The summed E-state index contributed by atoms with van der Waals surface area (Å²) in [6, 6.07) is 11.7. The number of aromatic nitrogens is 6. The Kier molecular flexibility index (Phi) is 4.18. The van der Waals surface area contributed by atoms with E-state index in [1.54, 1.807) is 0 Å². The number of anilines is 1. The zero-order valence-corrected chi connectivity index (χ0v) is 14.5. The standard InChI is InChI=1S/C19H17N7/c1-12-3-6-15(20-9-12)16-7-8-17-18(24-16)19(23-11-22-17)21-10-14-5-4-13(2)25-26-14/h3-9,11H,10H2,1-2H3,(H,21,22,23). The molecule has 0 saturated heterocycles. The van der Waals surface area contributed by atoms with Gasteiger partial charge in [0.25, 0.3) is 0 Å². The minimum absolute atomic E-state index is 0.508. The van der Waals surface area contributed by atoms with Crippen LogP contribution in [0.2, 0.25) is 0 Å². The van der Waals surface area contributed by atoms with Crippen molar-refractivity contribution in [1.29, 1.82) is 0 Å². The van der Waals surface area contributed by atoms with Gasteiger partial charge < -0.3 is 5.32 Å². The number of fused-ring (bicyclic) bond motifs is 1. The maximum Gasteiger partial charge on any atom is 0.156 e. The van der Waals surface area contributed by atoms with E-state index < -0.39 is 0 Å². The van der Waals surface area contributed by atoms with Crippen LogP contribution in [0, 0.1) is 13.8 Å². The predicted octanol–water partition coefficient (Wildman–Crippen LogP) is 3.11. The van der Waals surface area contributed by atoms with Gasteiger partial charge in [-0.3, -0.25) is 4.98 Å². The Morgan fingerprint density at radius 2 is 1.73 bits per heavy atom. The first-order chi connectivity index (χ1) is 12.7. The van der Waals surface area contributed by atoms with Crippen molar-refractivity contribution in [3.05, 3.63) is 65.9 Å². The molecule has 128 valence electrons. The van der Waals surface area contributed by atoms with E-state index >= 15 is 0 Å². The van der Waals surface area contributed by atoms with Crippen LogP contribution in [0.5, 0.6) is 0 Å². The smallest absolute Gasteiger partial charge is 0.156 e. The van der Waals surface area contributed by atoms with Gasteiger partial charge in [-0.2, -0.15) is 10.2 Å². The molecule has 0 saturated carbocycles. The number of nitrogens with zero attached hydrogens (tertiary/aromatic N) is 6. The van der Waals surface area contributed by atoms with E-state index in [-0.39, 0.29) is 0 Å². The highest BCUT2D eigenvalue weighted by molar-refractivity contribution is 5.86. The number of rotatable bonds is 4. The van der Waals surface area contributed by atoms with Crippen LogP contribution < -0.4 is 5.32 Å². The summed E-state index contributed by atoms with van der Waals surface area (Å²) in [6.45, 7) is 4.43. The Hall–Kier alpha value is -3.48. The summed E-state index contributed by atoms with van der Waals surface area (Å²) in [4.78, 5) is 17.8. The van der Waals surface area contributed by atoms with E-state index in [1.165, 1.54) is 6.33 Å². The van der Waals surface area contributed by atoms with Gasteiger partial charge in [0.05, 0.1) is 34.8 Å². The van der Waals surface area contributed by atoms with E-state index in [0.717, 1.165) is 33.9 Å². The van der Waals surface area contributed by atoms with E-state index in [9.17, 15) is 0 Å².